The molecule has 0 spiro atoms. The summed E-state index contributed by atoms with van der Waals surface area (Å²) in [7, 11) is 1.62. The number of hydrogen-bond acceptors (Lipinski definition) is 2. The molecule has 0 radical (unpaired) electrons. The molecule has 0 amide bonds. The molecular formula is C11H15BrO2. The Hall–Kier alpha value is -0.540. The number of aryl methyl sites for hydroxylation is 2. The summed E-state index contributed by atoms with van der Waals surface area (Å²) in [5, 5.41) is 0.874. The molecule has 0 aliphatic carbocycles. The van der Waals surface area contributed by atoms with Crippen molar-refractivity contribution < 1.29 is 9.47 Å². The predicted molar refractivity (Wildman–Crippen MR) is 61.1 cm³/mol. The highest BCUT2D eigenvalue weighted by Crippen LogP contribution is 2.25. The van der Waals surface area contributed by atoms with E-state index in [0.29, 0.717) is 6.79 Å². The number of rotatable bonds is 4. The van der Waals surface area contributed by atoms with Crippen LogP contribution in [0, 0.1) is 13.8 Å². The second-order valence-electron chi connectivity index (χ2n) is 3.24. The van der Waals surface area contributed by atoms with Crippen molar-refractivity contribution in [1.29, 1.82) is 0 Å². The van der Waals surface area contributed by atoms with Gasteiger partial charge in [0.25, 0.3) is 0 Å². The summed E-state index contributed by atoms with van der Waals surface area (Å²) in [6, 6.07) is 4.24. The van der Waals surface area contributed by atoms with Gasteiger partial charge in [0, 0.05) is 12.4 Å². The molecule has 2 nitrogen and oxygen atoms in total. The number of hydrogen-bond donors (Lipinski definition) is 0. The zero-order valence-electron chi connectivity index (χ0n) is 8.76. The first kappa shape index (κ1) is 11.5. The highest BCUT2D eigenvalue weighted by Gasteiger charge is 2.05. The standard InChI is InChI=1S/C11H15BrO2/c1-8-4-10(6-12)5-9(2)11(8)14-7-13-3/h4-5H,6-7H2,1-3H3. The maximum Gasteiger partial charge on any atom is 0.188 e. The number of benzene rings is 1. The maximum absolute atomic E-state index is 5.48. The van der Waals surface area contributed by atoms with Crippen molar-refractivity contribution in [1.82, 2.24) is 0 Å². The Morgan fingerprint density at radius 2 is 1.79 bits per heavy atom. The summed E-state index contributed by atoms with van der Waals surface area (Å²) in [6.07, 6.45) is 0. The van der Waals surface area contributed by atoms with Crippen molar-refractivity contribution in [2.45, 2.75) is 19.2 Å². The molecule has 0 aromatic heterocycles. The summed E-state index contributed by atoms with van der Waals surface area (Å²) in [5.41, 5.74) is 3.57. The minimum absolute atomic E-state index is 0.301. The summed E-state index contributed by atoms with van der Waals surface area (Å²) < 4.78 is 10.4. The third-order valence-electron chi connectivity index (χ3n) is 2.00. The molecule has 0 unspecified atom stereocenters. The fraction of sp³-hybridized carbons (Fsp3) is 0.455. The second kappa shape index (κ2) is 5.37. The van der Waals surface area contributed by atoms with Gasteiger partial charge >= 0.3 is 0 Å². The van der Waals surface area contributed by atoms with E-state index >= 15 is 0 Å². The molecule has 0 saturated carbocycles. The molecule has 0 saturated heterocycles. The van der Waals surface area contributed by atoms with Crippen molar-refractivity contribution in [3.8, 4) is 5.75 Å². The lowest BCUT2D eigenvalue weighted by Crippen LogP contribution is -2.02. The number of halogens is 1. The Bertz CT molecular complexity index is 287. The lowest BCUT2D eigenvalue weighted by Gasteiger charge is -2.12. The first-order valence-corrected chi connectivity index (χ1v) is 5.59. The molecule has 0 atom stereocenters. The van der Waals surface area contributed by atoms with Gasteiger partial charge in [-0.15, -0.1) is 0 Å². The minimum Gasteiger partial charge on any atom is -0.467 e. The number of ether oxygens (including phenoxy) is 2. The largest absolute Gasteiger partial charge is 0.467 e. The zero-order valence-corrected chi connectivity index (χ0v) is 10.3. The van der Waals surface area contributed by atoms with Crippen molar-refractivity contribution in [2.24, 2.45) is 0 Å². The van der Waals surface area contributed by atoms with Crippen LogP contribution >= 0.6 is 15.9 Å². The Morgan fingerprint density at radius 3 is 2.21 bits per heavy atom. The normalized spacial score (nSPS) is 10.3. The van der Waals surface area contributed by atoms with Crippen LogP contribution in [0.2, 0.25) is 0 Å². The van der Waals surface area contributed by atoms with Crippen LogP contribution in [-0.4, -0.2) is 13.9 Å². The summed E-state index contributed by atoms with van der Waals surface area (Å²) in [5.74, 6) is 0.927. The fourth-order valence-corrected chi connectivity index (χ4v) is 1.79. The molecule has 0 N–H and O–H groups in total. The van der Waals surface area contributed by atoms with Gasteiger partial charge in [-0.3, -0.25) is 0 Å². The van der Waals surface area contributed by atoms with Gasteiger partial charge in [0.15, 0.2) is 6.79 Å². The van der Waals surface area contributed by atoms with Gasteiger partial charge in [-0.1, -0.05) is 28.1 Å². The van der Waals surface area contributed by atoms with Gasteiger partial charge in [0.05, 0.1) is 0 Å². The molecule has 1 aromatic carbocycles. The van der Waals surface area contributed by atoms with Gasteiger partial charge in [0.1, 0.15) is 5.75 Å². The molecular weight excluding hydrogens is 244 g/mol. The summed E-state index contributed by atoms with van der Waals surface area (Å²) in [4.78, 5) is 0. The van der Waals surface area contributed by atoms with Crippen molar-refractivity contribution in [3.05, 3.63) is 28.8 Å². The van der Waals surface area contributed by atoms with Crippen molar-refractivity contribution in [2.75, 3.05) is 13.9 Å². The second-order valence-corrected chi connectivity index (χ2v) is 3.80. The average molecular weight is 259 g/mol. The molecule has 0 bridgehead atoms. The maximum atomic E-state index is 5.48. The lowest BCUT2D eigenvalue weighted by atomic mass is 10.1. The highest BCUT2D eigenvalue weighted by atomic mass is 79.9. The van der Waals surface area contributed by atoms with Crippen molar-refractivity contribution in [3.63, 3.8) is 0 Å². The average Bonchev–Trinajstić information content (AvgIpc) is 2.16. The van der Waals surface area contributed by atoms with E-state index in [0.717, 1.165) is 22.2 Å². The predicted octanol–water partition coefficient (Wildman–Crippen LogP) is 3.18. The van der Waals surface area contributed by atoms with Crippen molar-refractivity contribution >= 4 is 15.9 Å². The zero-order chi connectivity index (χ0) is 10.6. The van der Waals surface area contributed by atoms with Gasteiger partial charge in [0.2, 0.25) is 0 Å². The Balaban J connectivity index is 2.93. The van der Waals surface area contributed by atoms with Crippen LogP contribution in [0.15, 0.2) is 12.1 Å². The topological polar surface area (TPSA) is 18.5 Å². The molecule has 0 fully saturated rings. The molecule has 14 heavy (non-hydrogen) atoms. The minimum atomic E-state index is 0.301. The Morgan fingerprint density at radius 1 is 1.21 bits per heavy atom. The summed E-state index contributed by atoms with van der Waals surface area (Å²) in [6.45, 7) is 4.39. The molecule has 78 valence electrons. The van der Waals surface area contributed by atoms with E-state index in [1.807, 2.05) is 13.8 Å². The van der Waals surface area contributed by atoms with E-state index in [1.54, 1.807) is 7.11 Å². The van der Waals surface area contributed by atoms with E-state index < -0.39 is 0 Å². The Kier molecular flexibility index (Phi) is 4.42. The van der Waals surface area contributed by atoms with E-state index in [9.17, 15) is 0 Å². The summed E-state index contributed by atoms with van der Waals surface area (Å²) >= 11 is 3.44. The SMILES string of the molecule is COCOc1c(C)cc(CBr)cc1C. The molecule has 0 aliphatic heterocycles. The third-order valence-corrected chi connectivity index (χ3v) is 2.64. The van der Waals surface area contributed by atoms with Gasteiger partial charge in [-0.2, -0.15) is 0 Å². The molecule has 1 aromatic rings. The molecule has 0 heterocycles. The van der Waals surface area contributed by atoms with E-state index in [2.05, 4.69) is 28.1 Å². The molecule has 1 rings (SSSR count). The van der Waals surface area contributed by atoms with Crippen LogP contribution < -0.4 is 4.74 Å². The first-order chi connectivity index (χ1) is 6.69. The quantitative estimate of drug-likeness (QED) is 0.610. The van der Waals surface area contributed by atoms with Crippen LogP contribution in [0.3, 0.4) is 0 Å². The van der Waals surface area contributed by atoms with Gasteiger partial charge in [-0.25, -0.2) is 0 Å². The van der Waals surface area contributed by atoms with E-state index in [1.165, 1.54) is 5.56 Å². The van der Waals surface area contributed by atoms with E-state index in [-0.39, 0.29) is 0 Å². The van der Waals surface area contributed by atoms with Crippen LogP contribution in [0.4, 0.5) is 0 Å². The van der Waals surface area contributed by atoms with Crippen LogP contribution in [0.25, 0.3) is 0 Å². The monoisotopic (exact) mass is 258 g/mol. The smallest absolute Gasteiger partial charge is 0.188 e. The van der Waals surface area contributed by atoms with E-state index in [4.69, 9.17) is 9.47 Å². The van der Waals surface area contributed by atoms with Gasteiger partial charge in [-0.05, 0) is 30.5 Å². The Labute approximate surface area is 93.4 Å². The number of alkyl halides is 1. The fourth-order valence-electron chi connectivity index (χ4n) is 1.46. The highest BCUT2D eigenvalue weighted by molar-refractivity contribution is 9.08. The number of methoxy groups -OCH3 is 1. The molecule has 0 aliphatic rings. The van der Waals surface area contributed by atoms with Crippen LogP contribution in [0.1, 0.15) is 16.7 Å². The lowest BCUT2D eigenvalue weighted by molar-refractivity contribution is 0.0501. The third kappa shape index (κ3) is 2.72. The molecule has 3 heteroatoms. The van der Waals surface area contributed by atoms with Crippen LogP contribution in [-0.2, 0) is 10.1 Å². The van der Waals surface area contributed by atoms with Crippen LogP contribution in [0.5, 0.6) is 5.75 Å². The first-order valence-electron chi connectivity index (χ1n) is 4.47. The van der Waals surface area contributed by atoms with Gasteiger partial charge < -0.3 is 9.47 Å².